The number of carbonyl (C=O) groups excluding carboxylic acids is 1. The Morgan fingerprint density at radius 2 is 1.84 bits per heavy atom. The molecule has 1 aliphatic carbocycles. The van der Waals surface area contributed by atoms with Gasteiger partial charge in [0.2, 0.25) is 15.9 Å². The molecule has 2 aliphatic rings. The first-order valence-electron chi connectivity index (χ1n) is 8.42. The molecule has 1 amide bonds. The molecule has 3 rings (SSSR count). The van der Waals surface area contributed by atoms with Gasteiger partial charge in [0.25, 0.3) is 0 Å². The fourth-order valence-corrected chi connectivity index (χ4v) is 4.53. The second-order valence-electron chi connectivity index (χ2n) is 7.00. The molecule has 0 radical (unpaired) electrons. The molecule has 25 heavy (non-hydrogen) atoms. The van der Waals surface area contributed by atoms with Crippen LogP contribution in [0.2, 0.25) is 0 Å². The minimum absolute atomic E-state index is 0. The maximum atomic E-state index is 13.0. The van der Waals surface area contributed by atoms with Crippen LogP contribution in [-0.2, 0) is 21.2 Å². The van der Waals surface area contributed by atoms with E-state index in [9.17, 15) is 13.2 Å². The van der Waals surface area contributed by atoms with E-state index in [0.29, 0.717) is 25.1 Å². The molecule has 0 saturated heterocycles. The average Bonchev–Trinajstić information content (AvgIpc) is 2.97. The van der Waals surface area contributed by atoms with Crippen LogP contribution in [0.15, 0.2) is 23.1 Å². The lowest BCUT2D eigenvalue weighted by molar-refractivity contribution is -0.124. The van der Waals surface area contributed by atoms with Gasteiger partial charge in [-0.3, -0.25) is 4.79 Å². The highest BCUT2D eigenvalue weighted by Gasteiger charge is 2.41. The Bertz CT molecular complexity index is 758. The summed E-state index contributed by atoms with van der Waals surface area (Å²) in [5, 5.41) is 0. The minimum atomic E-state index is -3.52. The highest BCUT2D eigenvalue weighted by atomic mass is 35.5. The van der Waals surface area contributed by atoms with Crippen LogP contribution in [0.1, 0.15) is 37.7 Å². The van der Waals surface area contributed by atoms with Crippen molar-refractivity contribution in [2.24, 2.45) is 5.73 Å². The molecule has 8 heteroatoms. The Morgan fingerprint density at radius 1 is 1.20 bits per heavy atom. The Morgan fingerprint density at radius 3 is 2.44 bits per heavy atom. The number of amides is 1. The van der Waals surface area contributed by atoms with Crippen LogP contribution in [-0.4, -0.2) is 44.8 Å². The monoisotopic (exact) mass is 387 g/mol. The van der Waals surface area contributed by atoms with E-state index in [-0.39, 0.29) is 23.2 Å². The third-order valence-corrected chi connectivity index (χ3v) is 6.96. The summed E-state index contributed by atoms with van der Waals surface area (Å²) >= 11 is 0. The zero-order chi connectivity index (χ0) is 17.5. The van der Waals surface area contributed by atoms with Crippen molar-refractivity contribution in [1.29, 1.82) is 0 Å². The van der Waals surface area contributed by atoms with Gasteiger partial charge in [-0.2, -0.15) is 0 Å². The molecular formula is C17H26ClN3O3S. The summed E-state index contributed by atoms with van der Waals surface area (Å²) in [5.41, 5.74) is 7.28. The minimum Gasteiger partial charge on any atom is -0.317 e. The lowest BCUT2D eigenvalue weighted by Crippen LogP contribution is -2.56. The average molecular weight is 388 g/mol. The SMILES string of the molecule is CN(C)S(=O)(=O)c1ccc2c(c1)N(C(=O)C1(N)CCCCC1)CC2.Cl. The van der Waals surface area contributed by atoms with Crippen LogP contribution in [0.25, 0.3) is 0 Å². The first kappa shape index (κ1) is 20.2. The molecule has 1 heterocycles. The molecular weight excluding hydrogens is 362 g/mol. The number of rotatable bonds is 3. The molecule has 1 fully saturated rings. The van der Waals surface area contributed by atoms with E-state index in [4.69, 9.17) is 5.73 Å². The number of benzene rings is 1. The number of sulfonamides is 1. The topological polar surface area (TPSA) is 83.7 Å². The van der Waals surface area contributed by atoms with Crippen molar-refractivity contribution in [2.75, 3.05) is 25.5 Å². The molecule has 0 aromatic heterocycles. The van der Waals surface area contributed by atoms with Gasteiger partial charge in [-0.05, 0) is 37.0 Å². The second kappa shape index (κ2) is 7.23. The second-order valence-corrected chi connectivity index (χ2v) is 9.15. The fourth-order valence-electron chi connectivity index (χ4n) is 3.61. The maximum Gasteiger partial charge on any atom is 0.247 e. The van der Waals surface area contributed by atoms with Crippen LogP contribution in [0, 0.1) is 0 Å². The summed E-state index contributed by atoms with van der Waals surface area (Å²) in [6.45, 7) is 0.568. The molecule has 0 atom stereocenters. The highest BCUT2D eigenvalue weighted by molar-refractivity contribution is 7.89. The molecule has 1 aliphatic heterocycles. The predicted molar refractivity (Wildman–Crippen MR) is 101 cm³/mol. The van der Waals surface area contributed by atoms with Gasteiger partial charge in [0.15, 0.2) is 0 Å². The van der Waals surface area contributed by atoms with E-state index in [1.54, 1.807) is 17.0 Å². The lowest BCUT2D eigenvalue weighted by Gasteiger charge is -2.35. The van der Waals surface area contributed by atoms with Crippen molar-refractivity contribution in [2.45, 2.75) is 49.0 Å². The number of hydrogen-bond donors (Lipinski definition) is 1. The van der Waals surface area contributed by atoms with Crippen molar-refractivity contribution in [3.63, 3.8) is 0 Å². The summed E-state index contributed by atoms with van der Waals surface area (Å²) in [4.78, 5) is 14.9. The summed E-state index contributed by atoms with van der Waals surface area (Å²) < 4.78 is 25.9. The van der Waals surface area contributed by atoms with E-state index in [1.807, 2.05) is 6.07 Å². The van der Waals surface area contributed by atoms with E-state index in [0.717, 1.165) is 31.2 Å². The van der Waals surface area contributed by atoms with Gasteiger partial charge in [0.05, 0.1) is 10.4 Å². The van der Waals surface area contributed by atoms with Crippen LogP contribution in [0.3, 0.4) is 0 Å². The first-order valence-corrected chi connectivity index (χ1v) is 9.86. The molecule has 0 bridgehead atoms. The van der Waals surface area contributed by atoms with Gasteiger partial charge in [0.1, 0.15) is 0 Å². The molecule has 1 aromatic carbocycles. The van der Waals surface area contributed by atoms with Crippen LogP contribution in [0.5, 0.6) is 0 Å². The number of nitrogens with zero attached hydrogens (tertiary/aromatic N) is 2. The van der Waals surface area contributed by atoms with E-state index < -0.39 is 15.6 Å². The Hall–Kier alpha value is -1.15. The maximum absolute atomic E-state index is 13.0. The molecule has 1 aromatic rings. The van der Waals surface area contributed by atoms with Gasteiger partial charge < -0.3 is 10.6 Å². The zero-order valence-electron chi connectivity index (χ0n) is 14.7. The number of halogens is 1. The Kier molecular flexibility index (Phi) is 5.83. The molecule has 1 saturated carbocycles. The number of anilines is 1. The molecule has 6 nitrogen and oxygen atoms in total. The fraction of sp³-hybridized carbons (Fsp3) is 0.588. The lowest BCUT2D eigenvalue weighted by atomic mass is 9.81. The summed E-state index contributed by atoms with van der Waals surface area (Å²) in [6, 6.07) is 5.03. The van der Waals surface area contributed by atoms with E-state index >= 15 is 0 Å². The zero-order valence-corrected chi connectivity index (χ0v) is 16.3. The predicted octanol–water partition coefficient (Wildman–Crippen LogP) is 1.91. The number of hydrogen-bond acceptors (Lipinski definition) is 4. The summed E-state index contributed by atoms with van der Waals surface area (Å²) in [6.07, 6.45) is 5.20. The van der Waals surface area contributed by atoms with Gasteiger partial charge in [0, 0.05) is 26.3 Å². The number of carbonyl (C=O) groups is 1. The van der Waals surface area contributed by atoms with E-state index in [1.165, 1.54) is 18.4 Å². The molecule has 0 spiro atoms. The van der Waals surface area contributed by atoms with Crippen LogP contribution >= 0.6 is 12.4 Å². The first-order chi connectivity index (χ1) is 11.3. The quantitative estimate of drug-likeness (QED) is 0.858. The van der Waals surface area contributed by atoms with Crippen molar-refractivity contribution < 1.29 is 13.2 Å². The Balaban J connectivity index is 0.00000225. The number of fused-ring (bicyclic) bond motifs is 1. The normalized spacial score (nSPS) is 19.4. The highest BCUT2D eigenvalue weighted by Crippen LogP contribution is 2.35. The largest absolute Gasteiger partial charge is 0.317 e. The van der Waals surface area contributed by atoms with Gasteiger partial charge in [-0.15, -0.1) is 12.4 Å². The summed E-state index contributed by atoms with van der Waals surface area (Å²) in [5.74, 6) is -0.0691. The van der Waals surface area contributed by atoms with Crippen molar-refractivity contribution in [1.82, 2.24) is 4.31 Å². The number of nitrogens with two attached hydrogens (primary N) is 1. The third-order valence-electron chi connectivity index (χ3n) is 5.15. The van der Waals surface area contributed by atoms with E-state index in [2.05, 4.69) is 0 Å². The van der Waals surface area contributed by atoms with Gasteiger partial charge in [-0.25, -0.2) is 12.7 Å². The molecule has 0 unspecified atom stereocenters. The smallest absolute Gasteiger partial charge is 0.247 e. The standard InChI is InChI=1S/C17H25N3O3S.ClH/c1-19(2)24(22,23)14-7-6-13-8-11-20(15(13)12-14)16(21)17(18)9-4-3-5-10-17;/h6-7,12H,3-5,8-11,18H2,1-2H3;1H. The third kappa shape index (κ3) is 3.56. The van der Waals surface area contributed by atoms with Crippen molar-refractivity contribution in [3.8, 4) is 0 Å². The van der Waals surface area contributed by atoms with Crippen LogP contribution < -0.4 is 10.6 Å². The van der Waals surface area contributed by atoms with Crippen LogP contribution in [0.4, 0.5) is 5.69 Å². The Labute approximate surface area is 155 Å². The van der Waals surface area contributed by atoms with Gasteiger partial charge in [-0.1, -0.05) is 25.3 Å². The molecule has 140 valence electrons. The van der Waals surface area contributed by atoms with Crippen molar-refractivity contribution >= 4 is 34.0 Å². The summed E-state index contributed by atoms with van der Waals surface area (Å²) in [7, 11) is -0.519. The molecule has 2 N–H and O–H groups in total. The van der Waals surface area contributed by atoms with Gasteiger partial charge >= 0.3 is 0 Å². The van der Waals surface area contributed by atoms with Crippen molar-refractivity contribution in [3.05, 3.63) is 23.8 Å².